The van der Waals surface area contributed by atoms with Crippen molar-refractivity contribution in [3.63, 3.8) is 0 Å². The molecule has 0 unspecified atom stereocenters. The molecule has 0 saturated heterocycles. The van der Waals surface area contributed by atoms with E-state index in [4.69, 9.17) is 9.47 Å². The first-order valence-corrected chi connectivity index (χ1v) is 11.3. The number of benzene rings is 3. The predicted molar refractivity (Wildman–Crippen MR) is 132 cm³/mol. The van der Waals surface area contributed by atoms with Crippen LogP contribution in [-0.4, -0.2) is 35.6 Å². The summed E-state index contributed by atoms with van der Waals surface area (Å²) in [4.78, 5) is 30.5. The molecule has 6 nitrogen and oxygen atoms in total. The number of nitrogens with zero attached hydrogens (tertiary/aromatic N) is 1. The minimum absolute atomic E-state index is 0.193. The molecule has 3 aromatic carbocycles. The van der Waals surface area contributed by atoms with Gasteiger partial charge in [-0.2, -0.15) is 0 Å². The maximum absolute atomic E-state index is 13.2. The molecular weight excluding hydrogens is 428 g/mol. The fourth-order valence-electron chi connectivity index (χ4n) is 4.13. The van der Waals surface area contributed by atoms with Gasteiger partial charge in [-0.25, -0.2) is 9.59 Å². The van der Waals surface area contributed by atoms with E-state index in [0.717, 1.165) is 27.6 Å². The van der Waals surface area contributed by atoms with Gasteiger partial charge in [0, 0.05) is 17.4 Å². The second kappa shape index (κ2) is 10.7. The third-order valence-corrected chi connectivity index (χ3v) is 5.99. The van der Waals surface area contributed by atoms with E-state index >= 15 is 0 Å². The highest BCUT2D eigenvalue weighted by Crippen LogP contribution is 2.26. The summed E-state index contributed by atoms with van der Waals surface area (Å²) in [5.74, 6) is -0.430. The Morgan fingerprint density at radius 3 is 2.26 bits per heavy atom. The number of aromatic nitrogens is 1. The Hall–Kier alpha value is -4.06. The Bertz CT molecular complexity index is 1250. The highest BCUT2D eigenvalue weighted by Gasteiger charge is 2.25. The zero-order chi connectivity index (χ0) is 23.9. The average Bonchev–Trinajstić information content (AvgIpc) is 3.26. The van der Waals surface area contributed by atoms with Crippen LogP contribution < -0.4 is 0 Å². The first kappa shape index (κ1) is 23.1. The minimum Gasteiger partial charge on any atom is -0.464 e. The average molecular weight is 457 g/mol. The van der Waals surface area contributed by atoms with E-state index in [2.05, 4.69) is 4.98 Å². The van der Waals surface area contributed by atoms with Gasteiger partial charge >= 0.3 is 12.1 Å². The van der Waals surface area contributed by atoms with E-state index in [1.165, 1.54) is 7.11 Å². The summed E-state index contributed by atoms with van der Waals surface area (Å²) in [5, 5.41) is 0.938. The molecule has 1 N–H and O–H groups in total. The molecule has 4 aromatic rings. The summed E-state index contributed by atoms with van der Waals surface area (Å²) in [5.41, 5.74) is 4.02. The largest absolute Gasteiger partial charge is 0.464 e. The highest BCUT2D eigenvalue weighted by atomic mass is 16.6. The number of para-hydroxylation sites is 1. The first-order chi connectivity index (χ1) is 16.6. The van der Waals surface area contributed by atoms with Crippen molar-refractivity contribution in [1.82, 2.24) is 9.88 Å². The number of aromatic amines is 1. The van der Waals surface area contributed by atoms with Gasteiger partial charge in [-0.1, -0.05) is 78.9 Å². The van der Waals surface area contributed by atoms with Crippen molar-refractivity contribution in [1.29, 1.82) is 0 Å². The number of ether oxygens (including phenoxy) is 2. The standard InChI is InChI=1S/C28H28N2O4/c1-20(22-13-7-4-8-14-22)30(28(32)34-19-21-11-5-3-6-12-21)18-17-24-23-15-9-10-16-25(23)29-26(24)27(31)33-2/h3-16,20,29H,17-19H2,1-2H3/t20-/m0/s1. The summed E-state index contributed by atoms with van der Waals surface area (Å²) < 4.78 is 10.7. The molecule has 4 rings (SSSR count). The van der Waals surface area contributed by atoms with Gasteiger partial charge in [0.05, 0.1) is 13.2 Å². The summed E-state index contributed by atoms with van der Waals surface area (Å²) in [6.45, 7) is 2.54. The second-order valence-corrected chi connectivity index (χ2v) is 8.09. The SMILES string of the molecule is COC(=O)c1[nH]c2ccccc2c1CCN(C(=O)OCc1ccccc1)[C@@H](C)c1ccccc1. The van der Waals surface area contributed by atoms with Gasteiger partial charge in [-0.15, -0.1) is 0 Å². The number of carbonyl (C=O) groups excluding carboxylic acids is 2. The zero-order valence-corrected chi connectivity index (χ0v) is 19.4. The molecule has 0 fully saturated rings. The quantitative estimate of drug-likeness (QED) is 0.335. The summed E-state index contributed by atoms with van der Waals surface area (Å²) in [7, 11) is 1.36. The number of fused-ring (bicyclic) bond motifs is 1. The van der Waals surface area contributed by atoms with Crippen molar-refractivity contribution in [2.24, 2.45) is 0 Å². The Labute approximate surface area is 199 Å². The number of amides is 1. The number of H-pyrrole nitrogens is 1. The van der Waals surface area contributed by atoms with Crippen molar-refractivity contribution in [2.45, 2.75) is 26.0 Å². The van der Waals surface area contributed by atoms with Crippen molar-refractivity contribution >= 4 is 23.0 Å². The number of hydrogen-bond acceptors (Lipinski definition) is 4. The third kappa shape index (κ3) is 5.12. The van der Waals surface area contributed by atoms with Gasteiger partial charge < -0.3 is 19.4 Å². The molecule has 0 saturated carbocycles. The third-order valence-electron chi connectivity index (χ3n) is 5.99. The van der Waals surface area contributed by atoms with Gasteiger partial charge in [0.1, 0.15) is 12.3 Å². The lowest BCUT2D eigenvalue weighted by Crippen LogP contribution is -2.36. The summed E-state index contributed by atoms with van der Waals surface area (Å²) in [6, 6.07) is 27.0. The lowest BCUT2D eigenvalue weighted by molar-refractivity contribution is 0.0593. The van der Waals surface area contributed by atoms with Gasteiger partial charge in [0.2, 0.25) is 0 Å². The van der Waals surface area contributed by atoms with E-state index in [-0.39, 0.29) is 12.6 Å². The summed E-state index contributed by atoms with van der Waals surface area (Å²) in [6.07, 6.45) is 0.0613. The van der Waals surface area contributed by atoms with Crippen LogP contribution >= 0.6 is 0 Å². The minimum atomic E-state index is -0.430. The van der Waals surface area contributed by atoms with Crippen LogP contribution in [0.3, 0.4) is 0 Å². The lowest BCUT2D eigenvalue weighted by atomic mass is 10.0. The van der Waals surface area contributed by atoms with Crippen LogP contribution in [-0.2, 0) is 22.5 Å². The number of hydrogen-bond donors (Lipinski definition) is 1. The molecule has 0 spiro atoms. The van der Waals surface area contributed by atoms with Crippen molar-refractivity contribution in [3.8, 4) is 0 Å². The van der Waals surface area contributed by atoms with E-state index in [1.54, 1.807) is 4.90 Å². The Morgan fingerprint density at radius 2 is 1.56 bits per heavy atom. The number of methoxy groups -OCH3 is 1. The smallest absolute Gasteiger partial charge is 0.410 e. The molecule has 0 bridgehead atoms. The van der Waals surface area contributed by atoms with Crippen molar-refractivity contribution < 1.29 is 19.1 Å². The second-order valence-electron chi connectivity index (χ2n) is 8.09. The number of esters is 1. The molecule has 1 atom stereocenters. The molecule has 0 aliphatic heterocycles. The normalized spacial score (nSPS) is 11.7. The first-order valence-electron chi connectivity index (χ1n) is 11.3. The monoisotopic (exact) mass is 456 g/mol. The van der Waals surface area contributed by atoms with Crippen LogP contribution in [0.5, 0.6) is 0 Å². The van der Waals surface area contributed by atoms with E-state index < -0.39 is 12.1 Å². The number of carbonyl (C=O) groups is 2. The Balaban J connectivity index is 1.59. The van der Waals surface area contributed by atoms with Crippen LogP contribution in [0.1, 0.15) is 40.1 Å². The van der Waals surface area contributed by atoms with Gasteiger partial charge in [-0.3, -0.25) is 0 Å². The van der Waals surface area contributed by atoms with Crippen LogP contribution in [0.25, 0.3) is 10.9 Å². The maximum Gasteiger partial charge on any atom is 0.410 e. The van der Waals surface area contributed by atoms with Crippen LogP contribution in [0.2, 0.25) is 0 Å². The highest BCUT2D eigenvalue weighted by molar-refractivity contribution is 5.98. The molecular formula is C28H28N2O4. The number of rotatable bonds is 8. The van der Waals surface area contributed by atoms with E-state index in [9.17, 15) is 9.59 Å². The molecule has 1 heterocycles. The molecule has 1 aromatic heterocycles. The van der Waals surface area contributed by atoms with Gasteiger partial charge in [0.25, 0.3) is 0 Å². The van der Waals surface area contributed by atoms with Crippen LogP contribution in [0.15, 0.2) is 84.9 Å². The zero-order valence-electron chi connectivity index (χ0n) is 19.4. The topological polar surface area (TPSA) is 71.6 Å². The number of nitrogens with one attached hydrogen (secondary N) is 1. The fraction of sp³-hybridized carbons (Fsp3) is 0.214. The molecule has 34 heavy (non-hydrogen) atoms. The van der Waals surface area contributed by atoms with Crippen molar-refractivity contribution in [2.75, 3.05) is 13.7 Å². The van der Waals surface area contributed by atoms with Crippen LogP contribution in [0, 0.1) is 0 Å². The van der Waals surface area contributed by atoms with E-state index in [0.29, 0.717) is 18.7 Å². The maximum atomic E-state index is 13.2. The van der Waals surface area contributed by atoms with E-state index in [1.807, 2.05) is 91.9 Å². The molecule has 174 valence electrons. The fourth-order valence-corrected chi connectivity index (χ4v) is 4.13. The van der Waals surface area contributed by atoms with Crippen molar-refractivity contribution in [3.05, 3.63) is 107 Å². The molecule has 0 aliphatic carbocycles. The van der Waals surface area contributed by atoms with Gasteiger partial charge in [-0.05, 0) is 36.1 Å². The lowest BCUT2D eigenvalue weighted by Gasteiger charge is -2.29. The molecule has 0 radical (unpaired) electrons. The molecule has 1 amide bonds. The van der Waals surface area contributed by atoms with Crippen LogP contribution in [0.4, 0.5) is 4.79 Å². The summed E-state index contributed by atoms with van der Waals surface area (Å²) >= 11 is 0. The Kier molecular flexibility index (Phi) is 7.28. The predicted octanol–water partition coefficient (Wildman–Crippen LogP) is 5.90. The molecule has 6 heteroatoms. The molecule has 0 aliphatic rings. The van der Waals surface area contributed by atoms with Gasteiger partial charge in [0.15, 0.2) is 0 Å². The Morgan fingerprint density at radius 1 is 0.912 bits per heavy atom.